The summed E-state index contributed by atoms with van der Waals surface area (Å²) in [4.78, 5) is 15.4. The van der Waals surface area contributed by atoms with Crippen molar-refractivity contribution in [3.8, 4) is 0 Å². The Balaban J connectivity index is 1.70. The predicted octanol–water partition coefficient (Wildman–Crippen LogP) is 3.09. The quantitative estimate of drug-likeness (QED) is 0.817. The molecule has 6 nitrogen and oxygen atoms in total. The maximum absolute atomic E-state index is 12.6. The number of carbonyl (C=O) groups is 1. The minimum absolute atomic E-state index is 0.0949. The number of nitrogens with one attached hydrogen (secondary N) is 2. The van der Waals surface area contributed by atoms with Crippen molar-refractivity contribution >= 4 is 27.4 Å². The van der Waals surface area contributed by atoms with Gasteiger partial charge in [0, 0.05) is 30.1 Å². The molecule has 146 valence electrons. The fraction of sp³-hybridized carbons (Fsp3) is 0.421. The molecule has 2 N–H and O–H groups in total. The molecule has 1 aliphatic heterocycles. The maximum atomic E-state index is 12.6. The van der Waals surface area contributed by atoms with Gasteiger partial charge in [0.2, 0.25) is 10.0 Å². The van der Waals surface area contributed by atoms with Crippen molar-refractivity contribution in [1.82, 2.24) is 14.9 Å². The summed E-state index contributed by atoms with van der Waals surface area (Å²) in [5, 5.41) is 4.89. The number of sulfonamides is 1. The number of benzene rings is 1. The highest BCUT2D eigenvalue weighted by molar-refractivity contribution is 7.89. The van der Waals surface area contributed by atoms with Crippen molar-refractivity contribution in [2.45, 2.75) is 50.7 Å². The van der Waals surface area contributed by atoms with Gasteiger partial charge in [-0.05, 0) is 61.9 Å². The Hall–Kier alpha value is -1.90. The van der Waals surface area contributed by atoms with Crippen LogP contribution in [0.5, 0.6) is 0 Å². The van der Waals surface area contributed by atoms with Gasteiger partial charge in [-0.15, -0.1) is 11.3 Å². The first-order chi connectivity index (χ1) is 12.6. The summed E-state index contributed by atoms with van der Waals surface area (Å²) in [6, 6.07) is 8.85. The minimum atomic E-state index is -3.56. The second-order valence-electron chi connectivity index (χ2n) is 7.69. The molecular weight excluding hydrogens is 382 g/mol. The molecule has 2 heterocycles. The second-order valence-corrected chi connectivity index (χ2v) is 10.5. The zero-order valence-electron chi connectivity index (χ0n) is 15.8. The predicted molar refractivity (Wildman–Crippen MR) is 107 cm³/mol. The highest BCUT2D eigenvalue weighted by Crippen LogP contribution is 2.23. The third-order valence-electron chi connectivity index (χ3n) is 4.29. The number of rotatable bonds is 4. The van der Waals surface area contributed by atoms with Crippen LogP contribution in [0.2, 0.25) is 0 Å². The summed E-state index contributed by atoms with van der Waals surface area (Å²) < 4.78 is 27.8. The molecule has 2 amide bonds. The van der Waals surface area contributed by atoms with Crippen LogP contribution in [0.1, 0.15) is 36.8 Å². The molecule has 8 heteroatoms. The van der Waals surface area contributed by atoms with Crippen LogP contribution in [0.3, 0.4) is 0 Å². The Kier molecular flexibility index (Phi) is 5.60. The Labute approximate surface area is 164 Å². The van der Waals surface area contributed by atoms with Gasteiger partial charge in [0.25, 0.3) is 0 Å². The molecule has 0 aliphatic carbocycles. The van der Waals surface area contributed by atoms with Crippen molar-refractivity contribution in [3.05, 3.63) is 51.7 Å². The average molecular weight is 408 g/mol. The van der Waals surface area contributed by atoms with E-state index in [1.165, 1.54) is 11.3 Å². The molecular formula is C19H25N3O3S2. The van der Waals surface area contributed by atoms with Crippen LogP contribution in [0.4, 0.5) is 4.79 Å². The number of hydrogen-bond donors (Lipinski definition) is 2. The fourth-order valence-corrected chi connectivity index (χ4v) is 4.73. The minimum Gasteiger partial charge on any atom is -0.333 e. The second kappa shape index (κ2) is 7.61. The van der Waals surface area contributed by atoms with Crippen LogP contribution in [-0.2, 0) is 29.5 Å². The van der Waals surface area contributed by atoms with E-state index in [-0.39, 0.29) is 23.0 Å². The number of thiophene rings is 1. The summed E-state index contributed by atoms with van der Waals surface area (Å²) in [7, 11) is -3.56. The smallest absolute Gasteiger partial charge is 0.318 e. The molecule has 2 aromatic rings. The van der Waals surface area contributed by atoms with Crippen LogP contribution in [0, 0.1) is 0 Å². The van der Waals surface area contributed by atoms with Gasteiger partial charge < -0.3 is 10.2 Å². The molecule has 3 rings (SSSR count). The molecule has 0 saturated heterocycles. The van der Waals surface area contributed by atoms with Gasteiger partial charge in [0.15, 0.2) is 0 Å². The van der Waals surface area contributed by atoms with Crippen LogP contribution >= 0.6 is 11.3 Å². The lowest BCUT2D eigenvalue weighted by Crippen LogP contribution is -2.49. The third kappa shape index (κ3) is 5.09. The fourth-order valence-electron chi connectivity index (χ4n) is 2.93. The zero-order valence-corrected chi connectivity index (χ0v) is 17.4. The normalized spacial score (nSPS) is 14.7. The topological polar surface area (TPSA) is 78.5 Å². The van der Waals surface area contributed by atoms with Crippen molar-refractivity contribution in [3.63, 3.8) is 0 Å². The van der Waals surface area contributed by atoms with Gasteiger partial charge in [-0.25, -0.2) is 17.9 Å². The van der Waals surface area contributed by atoms with Gasteiger partial charge in [0.05, 0.1) is 4.90 Å². The summed E-state index contributed by atoms with van der Waals surface area (Å²) >= 11 is 1.52. The van der Waals surface area contributed by atoms with Gasteiger partial charge >= 0.3 is 6.03 Å². The average Bonchev–Trinajstić information content (AvgIpc) is 3.11. The number of amides is 2. The summed E-state index contributed by atoms with van der Waals surface area (Å²) in [6.07, 6.45) is 0.640. The molecule has 0 atom stereocenters. The van der Waals surface area contributed by atoms with Crippen LogP contribution < -0.4 is 10.0 Å². The zero-order chi connectivity index (χ0) is 19.7. The Morgan fingerprint density at radius 1 is 1.22 bits per heavy atom. The van der Waals surface area contributed by atoms with E-state index >= 15 is 0 Å². The molecule has 0 spiro atoms. The van der Waals surface area contributed by atoms with E-state index in [4.69, 9.17) is 0 Å². The molecule has 27 heavy (non-hydrogen) atoms. The van der Waals surface area contributed by atoms with E-state index in [1.54, 1.807) is 17.0 Å². The van der Waals surface area contributed by atoms with E-state index in [2.05, 4.69) is 10.0 Å². The largest absolute Gasteiger partial charge is 0.333 e. The number of fused-ring (bicyclic) bond motifs is 1. The number of nitrogens with zero attached hydrogens (tertiary/aromatic N) is 1. The Bertz CT molecular complexity index is 916. The first-order valence-electron chi connectivity index (χ1n) is 8.85. The van der Waals surface area contributed by atoms with Gasteiger partial charge in [-0.2, -0.15) is 0 Å². The van der Waals surface area contributed by atoms with Crippen molar-refractivity contribution in [2.75, 3.05) is 6.54 Å². The Morgan fingerprint density at radius 3 is 2.67 bits per heavy atom. The number of hydrogen-bond acceptors (Lipinski definition) is 4. The van der Waals surface area contributed by atoms with Crippen LogP contribution in [0.15, 0.2) is 40.6 Å². The number of urea groups is 1. The third-order valence-corrected chi connectivity index (χ3v) is 6.56. The molecule has 1 aromatic heterocycles. The molecule has 0 saturated carbocycles. The summed E-state index contributed by atoms with van der Waals surface area (Å²) in [6.45, 7) is 7.19. The number of carbonyl (C=O) groups excluding carboxylic acids is 1. The van der Waals surface area contributed by atoms with E-state index in [0.717, 1.165) is 16.0 Å². The standard InChI is InChI=1S/C19H25N3O3S2/c1-19(2,3)21-18(23)22-9-8-14-11-17(7-6-15(14)13-22)27(24,25)20-12-16-5-4-10-26-16/h4-7,10-11,20H,8-9,12-13H2,1-3H3,(H,21,23). The lowest BCUT2D eigenvalue weighted by molar-refractivity contribution is 0.183. The van der Waals surface area contributed by atoms with Crippen LogP contribution in [-0.4, -0.2) is 31.4 Å². The van der Waals surface area contributed by atoms with E-state index in [1.807, 2.05) is 44.4 Å². The first kappa shape index (κ1) is 19.9. The molecule has 0 unspecified atom stereocenters. The molecule has 1 aliphatic rings. The van der Waals surface area contributed by atoms with E-state index in [9.17, 15) is 13.2 Å². The highest BCUT2D eigenvalue weighted by Gasteiger charge is 2.25. The van der Waals surface area contributed by atoms with Crippen LogP contribution in [0.25, 0.3) is 0 Å². The van der Waals surface area contributed by atoms with Crippen molar-refractivity contribution in [2.24, 2.45) is 0 Å². The summed E-state index contributed by atoms with van der Waals surface area (Å²) in [5.41, 5.74) is 1.68. The first-order valence-corrected chi connectivity index (χ1v) is 11.2. The van der Waals surface area contributed by atoms with E-state index in [0.29, 0.717) is 19.5 Å². The van der Waals surface area contributed by atoms with Crippen molar-refractivity contribution in [1.29, 1.82) is 0 Å². The summed E-state index contributed by atoms with van der Waals surface area (Å²) in [5.74, 6) is 0. The Morgan fingerprint density at radius 2 is 2.00 bits per heavy atom. The van der Waals surface area contributed by atoms with Crippen molar-refractivity contribution < 1.29 is 13.2 Å². The molecule has 0 radical (unpaired) electrons. The SMILES string of the molecule is CC(C)(C)NC(=O)N1CCc2cc(S(=O)(=O)NCc3cccs3)ccc2C1. The van der Waals surface area contributed by atoms with Gasteiger partial charge in [-0.1, -0.05) is 12.1 Å². The lowest BCUT2D eigenvalue weighted by atomic mass is 10.00. The van der Waals surface area contributed by atoms with E-state index < -0.39 is 10.0 Å². The molecule has 1 aromatic carbocycles. The maximum Gasteiger partial charge on any atom is 0.318 e. The van der Waals surface area contributed by atoms with Gasteiger partial charge in [0.1, 0.15) is 0 Å². The highest BCUT2D eigenvalue weighted by atomic mass is 32.2. The van der Waals surface area contributed by atoms with Gasteiger partial charge in [-0.3, -0.25) is 0 Å². The lowest BCUT2D eigenvalue weighted by Gasteiger charge is -2.32. The molecule has 0 bridgehead atoms. The molecule has 0 fully saturated rings. The monoisotopic (exact) mass is 407 g/mol.